The van der Waals surface area contributed by atoms with E-state index >= 15 is 0 Å². The van der Waals surface area contributed by atoms with Gasteiger partial charge < -0.3 is 5.32 Å². The largest absolute Gasteiger partial charge is 0.348 e. The molecule has 1 N–H and O–H groups in total. The van der Waals surface area contributed by atoms with E-state index in [-0.39, 0.29) is 41.4 Å². The Kier molecular flexibility index (Phi) is 3.76. The first kappa shape index (κ1) is 17.6. The third-order valence-electron chi connectivity index (χ3n) is 7.33. The Morgan fingerprint density at radius 2 is 1.57 bits per heavy atom. The molecule has 5 aliphatic rings. The molecule has 30 heavy (non-hydrogen) atoms. The second-order valence-electron chi connectivity index (χ2n) is 8.89. The summed E-state index contributed by atoms with van der Waals surface area (Å²) in [5, 5.41) is 2.90. The molecule has 0 spiro atoms. The lowest BCUT2D eigenvalue weighted by molar-refractivity contribution is -0.124. The SMILES string of the molecule is O=C(NCc1ccccc1)c1cccc(N2C(=O)[C@H]3[C@@H]4C=C[C@@H]([C@H]5C[C@H]45)[C@@H]3C2=O)c1. The van der Waals surface area contributed by atoms with Crippen molar-refractivity contribution in [3.8, 4) is 0 Å². The van der Waals surface area contributed by atoms with Crippen molar-refractivity contribution in [3.63, 3.8) is 0 Å². The molecule has 3 fully saturated rings. The molecule has 2 aromatic rings. The molecule has 0 aromatic heterocycles. The Morgan fingerprint density at radius 3 is 2.23 bits per heavy atom. The number of amides is 3. The van der Waals surface area contributed by atoms with Gasteiger partial charge in [0.25, 0.3) is 5.91 Å². The van der Waals surface area contributed by atoms with Gasteiger partial charge in [-0.2, -0.15) is 0 Å². The van der Waals surface area contributed by atoms with Crippen LogP contribution >= 0.6 is 0 Å². The van der Waals surface area contributed by atoms with Gasteiger partial charge in [-0.05, 0) is 53.9 Å². The van der Waals surface area contributed by atoms with Crippen molar-refractivity contribution >= 4 is 23.4 Å². The van der Waals surface area contributed by atoms with Gasteiger partial charge in [-0.3, -0.25) is 14.4 Å². The average molecular weight is 398 g/mol. The quantitative estimate of drug-likeness (QED) is 0.635. The van der Waals surface area contributed by atoms with Crippen LogP contribution in [0.25, 0.3) is 0 Å². The van der Waals surface area contributed by atoms with Crippen molar-refractivity contribution in [2.45, 2.75) is 13.0 Å². The number of rotatable bonds is 4. The maximum Gasteiger partial charge on any atom is 0.251 e. The highest BCUT2D eigenvalue weighted by Crippen LogP contribution is 2.65. The van der Waals surface area contributed by atoms with Crippen molar-refractivity contribution in [3.05, 3.63) is 77.9 Å². The number of hydrogen-bond donors (Lipinski definition) is 1. The molecule has 6 atom stereocenters. The minimum atomic E-state index is -0.230. The third kappa shape index (κ3) is 2.51. The van der Waals surface area contributed by atoms with Crippen molar-refractivity contribution in [2.75, 3.05) is 4.90 Å². The second kappa shape index (κ2) is 6.39. The molecule has 1 heterocycles. The summed E-state index contributed by atoms with van der Waals surface area (Å²) in [6, 6.07) is 16.5. The minimum Gasteiger partial charge on any atom is -0.348 e. The van der Waals surface area contributed by atoms with Crippen LogP contribution in [0, 0.1) is 35.5 Å². The van der Waals surface area contributed by atoms with Crippen molar-refractivity contribution < 1.29 is 14.4 Å². The highest BCUT2D eigenvalue weighted by atomic mass is 16.2. The molecule has 150 valence electrons. The third-order valence-corrected chi connectivity index (χ3v) is 7.33. The molecule has 3 amide bonds. The van der Waals surface area contributed by atoms with Crippen LogP contribution in [0.2, 0.25) is 0 Å². The lowest BCUT2D eigenvalue weighted by Crippen LogP contribution is -2.40. The second-order valence-corrected chi connectivity index (χ2v) is 8.89. The predicted molar refractivity (Wildman–Crippen MR) is 111 cm³/mol. The van der Waals surface area contributed by atoms with Crippen molar-refractivity contribution in [2.24, 2.45) is 35.5 Å². The molecule has 2 aromatic carbocycles. The molecule has 1 aliphatic heterocycles. The fraction of sp³-hybridized carbons (Fsp3) is 0.320. The van der Waals surface area contributed by atoms with Crippen LogP contribution in [0.1, 0.15) is 22.3 Å². The molecule has 1 saturated heterocycles. The van der Waals surface area contributed by atoms with Gasteiger partial charge in [0.15, 0.2) is 0 Å². The molecule has 0 radical (unpaired) electrons. The topological polar surface area (TPSA) is 66.5 Å². The van der Waals surface area contributed by atoms with Gasteiger partial charge in [-0.1, -0.05) is 48.6 Å². The summed E-state index contributed by atoms with van der Waals surface area (Å²) < 4.78 is 0. The monoisotopic (exact) mass is 398 g/mol. The first-order chi connectivity index (χ1) is 14.6. The summed E-state index contributed by atoms with van der Waals surface area (Å²) in [5.41, 5.74) is 1.96. The fourth-order valence-electron chi connectivity index (χ4n) is 5.88. The van der Waals surface area contributed by atoms with E-state index in [4.69, 9.17) is 0 Å². The number of nitrogens with zero attached hydrogens (tertiary/aromatic N) is 1. The Labute approximate surface area is 174 Å². The number of anilines is 1. The average Bonchev–Trinajstić information content (AvgIpc) is 3.56. The van der Waals surface area contributed by atoms with E-state index in [0.717, 1.165) is 12.0 Å². The van der Waals surface area contributed by atoms with Gasteiger partial charge in [0, 0.05) is 12.1 Å². The van der Waals surface area contributed by atoms with Crippen molar-refractivity contribution in [1.29, 1.82) is 0 Å². The molecular weight excluding hydrogens is 376 g/mol. The Balaban J connectivity index is 1.24. The van der Waals surface area contributed by atoms with E-state index in [2.05, 4.69) is 17.5 Å². The summed E-state index contributed by atoms with van der Waals surface area (Å²) >= 11 is 0. The highest BCUT2D eigenvalue weighted by Gasteiger charge is 2.67. The van der Waals surface area contributed by atoms with E-state index in [0.29, 0.717) is 29.6 Å². The lowest BCUT2D eigenvalue weighted by Gasteiger charge is -2.37. The van der Waals surface area contributed by atoms with Crippen LogP contribution in [0.15, 0.2) is 66.7 Å². The normalized spacial score (nSPS) is 32.7. The van der Waals surface area contributed by atoms with Crippen LogP contribution in [-0.4, -0.2) is 17.7 Å². The Bertz CT molecular complexity index is 1060. The number of allylic oxidation sites excluding steroid dienone is 2. The number of benzene rings is 2. The molecule has 5 heteroatoms. The summed E-state index contributed by atoms with van der Waals surface area (Å²) in [5.74, 6) is 0.667. The molecular formula is C25H22N2O3. The van der Waals surface area contributed by atoms with Gasteiger partial charge in [-0.15, -0.1) is 0 Å². The predicted octanol–water partition coefficient (Wildman–Crippen LogP) is 3.17. The molecule has 5 nitrogen and oxygen atoms in total. The van der Waals surface area contributed by atoms with E-state index < -0.39 is 0 Å². The van der Waals surface area contributed by atoms with E-state index in [1.165, 1.54) is 4.90 Å². The highest BCUT2D eigenvalue weighted by molar-refractivity contribution is 6.23. The Hall–Kier alpha value is -3.21. The molecule has 2 bridgehead atoms. The maximum absolute atomic E-state index is 13.3. The minimum absolute atomic E-state index is 0.100. The number of carbonyl (C=O) groups excluding carboxylic acids is 3. The number of imide groups is 1. The van der Waals surface area contributed by atoms with E-state index in [1.54, 1.807) is 24.3 Å². The van der Waals surface area contributed by atoms with Crippen molar-refractivity contribution in [1.82, 2.24) is 5.32 Å². The first-order valence-electron chi connectivity index (χ1n) is 10.6. The lowest BCUT2D eigenvalue weighted by atomic mass is 9.63. The summed E-state index contributed by atoms with van der Waals surface area (Å²) in [4.78, 5) is 40.5. The molecule has 2 saturated carbocycles. The summed E-state index contributed by atoms with van der Waals surface area (Å²) in [6.45, 7) is 0.424. The van der Waals surface area contributed by atoms with Gasteiger partial charge in [0.2, 0.25) is 11.8 Å². The zero-order valence-corrected chi connectivity index (χ0v) is 16.4. The van der Waals surface area contributed by atoms with Crippen LogP contribution in [0.5, 0.6) is 0 Å². The van der Waals surface area contributed by atoms with Gasteiger partial charge >= 0.3 is 0 Å². The first-order valence-corrected chi connectivity index (χ1v) is 10.6. The zero-order valence-electron chi connectivity index (χ0n) is 16.4. The smallest absolute Gasteiger partial charge is 0.251 e. The van der Waals surface area contributed by atoms with E-state index in [9.17, 15) is 14.4 Å². The Morgan fingerprint density at radius 1 is 0.900 bits per heavy atom. The van der Waals surface area contributed by atoms with Gasteiger partial charge in [-0.25, -0.2) is 4.90 Å². The van der Waals surface area contributed by atoms with Crippen LogP contribution in [0.4, 0.5) is 5.69 Å². The van der Waals surface area contributed by atoms with Crippen LogP contribution in [-0.2, 0) is 16.1 Å². The van der Waals surface area contributed by atoms with E-state index in [1.807, 2.05) is 30.3 Å². The molecule has 4 aliphatic carbocycles. The van der Waals surface area contributed by atoms with Crippen LogP contribution < -0.4 is 10.2 Å². The zero-order chi connectivity index (χ0) is 20.4. The maximum atomic E-state index is 13.3. The summed E-state index contributed by atoms with van der Waals surface area (Å²) in [6.07, 6.45) is 5.48. The standard InChI is InChI=1S/C25H22N2O3/c28-23(26-13-14-5-2-1-3-6-14)15-7-4-8-16(11-15)27-24(29)21-17-9-10-18(20-12-19(17)20)22(21)25(27)30/h1-11,17-22H,12-13H2,(H,26,28)/t17-,18+,19-,20-,21+,22+/m1/s1. The van der Waals surface area contributed by atoms with Gasteiger partial charge in [0.1, 0.15) is 0 Å². The fourth-order valence-corrected chi connectivity index (χ4v) is 5.88. The van der Waals surface area contributed by atoms with Gasteiger partial charge in [0.05, 0.1) is 17.5 Å². The molecule has 7 rings (SSSR count). The number of nitrogens with one attached hydrogen (secondary N) is 1. The van der Waals surface area contributed by atoms with Crippen LogP contribution in [0.3, 0.4) is 0 Å². The number of hydrogen-bond acceptors (Lipinski definition) is 3. The summed E-state index contributed by atoms with van der Waals surface area (Å²) in [7, 11) is 0. The molecule has 0 unspecified atom stereocenters. The number of carbonyl (C=O) groups is 3.